The number of hydrogen-bond acceptors (Lipinski definition) is 1. The molecule has 0 spiro atoms. The van der Waals surface area contributed by atoms with E-state index in [1.54, 1.807) is 0 Å². The van der Waals surface area contributed by atoms with Gasteiger partial charge in [-0.1, -0.05) is 91.0 Å². The number of alkyl halides is 1. The van der Waals surface area contributed by atoms with Crippen molar-refractivity contribution >= 4 is 28.5 Å². The maximum Gasteiger partial charge on any atom is 0.220 e. The second-order valence-electron chi connectivity index (χ2n) is 6.02. The summed E-state index contributed by atoms with van der Waals surface area (Å²) in [5, 5.41) is 2.89. The van der Waals surface area contributed by atoms with Crippen molar-refractivity contribution in [3.05, 3.63) is 48.6 Å². The Balaban J connectivity index is 3.44. The number of hydrogen-bond donors (Lipinski definition) is 1. The second kappa shape index (κ2) is 21.2. The SMILES string of the molecule is CCCCC/C=C\C/C=C\C/C=C\C/C=C\CCCC(=O)NCC[123I]. The molecule has 25 heavy (non-hydrogen) atoms. The average molecular weight is 453 g/mol. The summed E-state index contributed by atoms with van der Waals surface area (Å²) in [6.45, 7) is 3.02. The lowest BCUT2D eigenvalue weighted by molar-refractivity contribution is -0.121. The molecule has 0 heterocycles. The molecule has 0 aromatic heterocycles. The van der Waals surface area contributed by atoms with Crippen molar-refractivity contribution in [1.82, 2.24) is 5.32 Å². The van der Waals surface area contributed by atoms with Crippen molar-refractivity contribution in [1.29, 1.82) is 0 Å². The molecule has 0 rings (SSSR count). The Kier molecular flexibility index (Phi) is 20.5. The molecule has 0 aliphatic rings. The molecular weight excluding hydrogens is 417 g/mol. The van der Waals surface area contributed by atoms with Crippen molar-refractivity contribution in [2.45, 2.75) is 71.1 Å². The summed E-state index contributed by atoms with van der Waals surface area (Å²) >= 11 is 2.26. The van der Waals surface area contributed by atoms with Crippen LogP contribution in [0.3, 0.4) is 0 Å². The molecule has 0 aliphatic heterocycles. The molecule has 0 aromatic rings. The molecule has 0 unspecified atom stereocenters. The molecule has 0 aromatic carbocycles. The molecule has 0 radical (unpaired) electrons. The number of halogens is 1. The summed E-state index contributed by atoms with van der Waals surface area (Å²) in [5.74, 6) is 0.174. The summed E-state index contributed by atoms with van der Waals surface area (Å²) in [4.78, 5) is 11.4. The van der Waals surface area contributed by atoms with Crippen molar-refractivity contribution in [3.63, 3.8) is 0 Å². The third kappa shape index (κ3) is 21.1. The second-order valence-corrected chi connectivity index (χ2v) is 7.10. The van der Waals surface area contributed by atoms with E-state index in [1.165, 1.54) is 25.7 Å². The number of allylic oxidation sites excluding steroid dienone is 8. The number of carbonyl (C=O) groups excluding carboxylic acids is 1. The monoisotopic (exact) mass is 453 g/mol. The summed E-state index contributed by atoms with van der Waals surface area (Å²) in [6, 6.07) is 0. The maximum absolute atomic E-state index is 11.4. The van der Waals surface area contributed by atoms with Crippen LogP contribution >= 0.6 is 22.6 Å². The molecule has 2 nitrogen and oxygen atoms in total. The molecule has 3 heteroatoms. The Labute approximate surface area is 169 Å². The molecule has 1 amide bonds. The van der Waals surface area contributed by atoms with Gasteiger partial charge in [-0.3, -0.25) is 4.79 Å². The van der Waals surface area contributed by atoms with Gasteiger partial charge >= 0.3 is 0 Å². The Morgan fingerprint density at radius 2 is 1.32 bits per heavy atom. The Morgan fingerprint density at radius 3 is 1.84 bits per heavy atom. The van der Waals surface area contributed by atoms with Gasteiger partial charge in [0, 0.05) is 17.4 Å². The highest BCUT2D eigenvalue weighted by Gasteiger charge is 1.97. The maximum atomic E-state index is 11.4. The van der Waals surface area contributed by atoms with Crippen LogP contribution in [0.1, 0.15) is 71.1 Å². The van der Waals surface area contributed by atoms with Crippen LogP contribution in [0.5, 0.6) is 0 Å². The summed E-state index contributed by atoms with van der Waals surface area (Å²) in [6.07, 6.45) is 28.6. The van der Waals surface area contributed by atoms with E-state index in [4.69, 9.17) is 0 Å². The highest BCUT2D eigenvalue weighted by atomic mass is 123. The lowest BCUT2D eigenvalue weighted by atomic mass is 10.2. The Bertz CT molecular complexity index is 410. The van der Waals surface area contributed by atoms with E-state index >= 15 is 0 Å². The summed E-state index contributed by atoms with van der Waals surface area (Å²) in [7, 11) is 0. The minimum atomic E-state index is 0.174. The molecule has 0 saturated heterocycles. The topological polar surface area (TPSA) is 29.1 Å². The lowest BCUT2D eigenvalue weighted by Crippen LogP contribution is -2.24. The zero-order valence-corrected chi connectivity index (χ0v) is 18.0. The largest absolute Gasteiger partial charge is 0.355 e. The van der Waals surface area contributed by atoms with Crippen LogP contribution < -0.4 is 5.32 Å². The first-order chi connectivity index (χ1) is 12.3. The molecule has 142 valence electrons. The highest BCUT2D eigenvalue weighted by Crippen LogP contribution is 2.01. The van der Waals surface area contributed by atoms with Gasteiger partial charge in [0.25, 0.3) is 0 Å². The summed E-state index contributed by atoms with van der Waals surface area (Å²) in [5.41, 5.74) is 0. The number of unbranched alkanes of at least 4 members (excludes halogenated alkanes) is 4. The van der Waals surface area contributed by atoms with Gasteiger partial charge in [0.05, 0.1) is 0 Å². The van der Waals surface area contributed by atoms with Crippen molar-refractivity contribution in [3.8, 4) is 0 Å². The normalized spacial score (nSPS) is 12.2. The van der Waals surface area contributed by atoms with E-state index in [1.807, 2.05) is 0 Å². The minimum Gasteiger partial charge on any atom is -0.355 e. The fourth-order valence-electron chi connectivity index (χ4n) is 2.22. The quantitative estimate of drug-likeness (QED) is 0.120. The zero-order valence-electron chi connectivity index (χ0n) is 15.9. The van der Waals surface area contributed by atoms with Gasteiger partial charge in [-0.2, -0.15) is 0 Å². The number of carbonyl (C=O) groups is 1. The molecular formula is C22H36INO. The smallest absolute Gasteiger partial charge is 0.220 e. The molecule has 0 fully saturated rings. The standard InChI is InChI=1S/C22H36INO/c1-2-3-4-5-6-7-8-9-10-11-12-13-14-15-16-17-18-19-22(25)24-21-20-23/h6-7,9-10,12-13,15-16H,2-5,8,11,14,17-21H2,1H3,(H,24,25)/b7-6-,10-9-,13-12-,16-15-/i23-4. The van der Waals surface area contributed by atoms with Gasteiger partial charge in [0.2, 0.25) is 5.91 Å². The minimum absolute atomic E-state index is 0.174. The van der Waals surface area contributed by atoms with Gasteiger partial charge in [-0.15, -0.1) is 0 Å². The van der Waals surface area contributed by atoms with Crippen LogP contribution in [0.2, 0.25) is 0 Å². The summed E-state index contributed by atoms with van der Waals surface area (Å²) < 4.78 is 0.973. The van der Waals surface area contributed by atoms with Crippen LogP contribution in [0, 0.1) is 0 Å². The molecule has 1 N–H and O–H groups in total. The first-order valence-corrected chi connectivity index (χ1v) is 11.3. The predicted molar refractivity (Wildman–Crippen MR) is 120 cm³/mol. The lowest BCUT2D eigenvalue weighted by Gasteiger charge is -2.00. The van der Waals surface area contributed by atoms with E-state index in [-0.39, 0.29) is 5.91 Å². The van der Waals surface area contributed by atoms with Crippen molar-refractivity contribution in [2.75, 3.05) is 11.0 Å². The third-order valence-corrected chi connectivity index (χ3v) is 4.19. The van der Waals surface area contributed by atoms with Crippen LogP contribution in [0.15, 0.2) is 48.6 Å². The first kappa shape index (κ1) is 24.2. The van der Waals surface area contributed by atoms with E-state index in [0.717, 1.165) is 43.1 Å². The predicted octanol–water partition coefficient (Wildman–Crippen LogP) is 6.68. The molecule has 0 aliphatic carbocycles. The van der Waals surface area contributed by atoms with Gasteiger partial charge in [-0.05, 0) is 44.9 Å². The molecule has 0 saturated carbocycles. The fraction of sp³-hybridized carbons (Fsp3) is 0.591. The van der Waals surface area contributed by atoms with Crippen LogP contribution in [-0.4, -0.2) is 16.9 Å². The van der Waals surface area contributed by atoms with Crippen LogP contribution in [0.25, 0.3) is 0 Å². The van der Waals surface area contributed by atoms with E-state index in [0.29, 0.717) is 6.42 Å². The first-order valence-electron chi connectivity index (χ1n) is 9.73. The van der Waals surface area contributed by atoms with Crippen LogP contribution in [-0.2, 0) is 4.79 Å². The fourth-order valence-corrected chi connectivity index (χ4v) is 2.49. The van der Waals surface area contributed by atoms with Crippen molar-refractivity contribution in [2.24, 2.45) is 0 Å². The van der Waals surface area contributed by atoms with Gasteiger partial charge < -0.3 is 5.32 Å². The highest BCUT2D eigenvalue weighted by molar-refractivity contribution is 14.1. The van der Waals surface area contributed by atoms with Crippen LogP contribution in [0.4, 0.5) is 0 Å². The van der Waals surface area contributed by atoms with Crippen molar-refractivity contribution < 1.29 is 4.79 Å². The third-order valence-electron chi connectivity index (χ3n) is 3.65. The number of nitrogens with one attached hydrogen (secondary N) is 1. The Morgan fingerprint density at radius 1 is 0.800 bits per heavy atom. The zero-order chi connectivity index (χ0) is 18.4. The number of amides is 1. The molecule has 0 atom stereocenters. The van der Waals surface area contributed by atoms with E-state index in [2.05, 4.69) is 83.4 Å². The van der Waals surface area contributed by atoms with E-state index < -0.39 is 0 Å². The van der Waals surface area contributed by atoms with Gasteiger partial charge in [0.15, 0.2) is 0 Å². The van der Waals surface area contributed by atoms with Gasteiger partial charge in [-0.25, -0.2) is 0 Å². The Hall–Kier alpha value is -0.840. The van der Waals surface area contributed by atoms with Gasteiger partial charge in [0.1, 0.15) is 0 Å². The molecule has 0 bridgehead atoms. The van der Waals surface area contributed by atoms with E-state index in [9.17, 15) is 4.79 Å². The number of rotatable bonds is 16. The average Bonchev–Trinajstić information content (AvgIpc) is 2.62.